The first-order valence-electron chi connectivity index (χ1n) is 6.02. The molecule has 2 rings (SSSR count). The van der Waals surface area contributed by atoms with Crippen LogP contribution in [0.2, 0.25) is 0 Å². The summed E-state index contributed by atoms with van der Waals surface area (Å²) in [5.74, 6) is -0.203. The van der Waals surface area contributed by atoms with Gasteiger partial charge in [0.1, 0.15) is 5.60 Å². The summed E-state index contributed by atoms with van der Waals surface area (Å²) in [5.41, 5.74) is 2.29. The summed E-state index contributed by atoms with van der Waals surface area (Å²) in [7, 11) is 0. The summed E-state index contributed by atoms with van der Waals surface area (Å²) in [6.45, 7) is 5.25. The van der Waals surface area contributed by atoms with E-state index in [-0.39, 0.29) is 11.6 Å². The monoisotopic (exact) mass is 230 g/mol. The fourth-order valence-corrected chi connectivity index (χ4v) is 2.64. The number of rotatable bonds is 3. The van der Waals surface area contributed by atoms with Crippen LogP contribution in [0.15, 0.2) is 36.9 Å². The van der Waals surface area contributed by atoms with Gasteiger partial charge < -0.3 is 4.74 Å². The second-order valence-electron chi connectivity index (χ2n) is 4.71. The molecule has 0 saturated heterocycles. The van der Waals surface area contributed by atoms with E-state index in [1.807, 2.05) is 12.1 Å². The van der Waals surface area contributed by atoms with Crippen molar-refractivity contribution in [2.24, 2.45) is 0 Å². The number of fused-ring (bicyclic) bond motifs is 1. The fourth-order valence-electron chi connectivity index (χ4n) is 2.64. The topological polar surface area (TPSA) is 26.3 Å². The zero-order chi connectivity index (χ0) is 12.3. The minimum atomic E-state index is -0.373. The predicted octanol–water partition coefficient (Wildman–Crippen LogP) is 3.05. The van der Waals surface area contributed by atoms with Crippen LogP contribution in [0.3, 0.4) is 0 Å². The number of aryl methyl sites for hydroxylation is 1. The van der Waals surface area contributed by atoms with Gasteiger partial charge in [0.2, 0.25) is 0 Å². The Morgan fingerprint density at radius 2 is 2.18 bits per heavy atom. The van der Waals surface area contributed by atoms with Crippen LogP contribution < -0.4 is 0 Å². The van der Waals surface area contributed by atoms with E-state index < -0.39 is 0 Å². The van der Waals surface area contributed by atoms with Crippen LogP contribution >= 0.6 is 0 Å². The van der Waals surface area contributed by atoms with Crippen molar-refractivity contribution in [3.05, 3.63) is 48.0 Å². The van der Waals surface area contributed by atoms with Gasteiger partial charge in [0.25, 0.3) is 0 Å². The molecule has 0 aromatic heterocycles. The van der Waals surface area contributed by atoms with Crippen molar-refractivity contribution < 1.29 is 9.53 Å². The number of hydrogen-bond donors (Lipinski definition) is 0. The molecule has 0 amide bonds. The van der Waals surface area contributed by atoms with Crippen molar-refractivity contribution >= 4 is 5.97 Å². The molecular formula is C15H18O2. The Morgan fingerprint density at radius 1 is 1.47 bits per heavy atom. The van der Waals surface area contributed by atoms with Crippen LogP contribution in [-0.4, -0.2) is 11.6 Å². The molecule has 0 radical (unpaired) electrons. The summed E-state index contributed by atoms with van der Waals surface area (Å²) in [6.07, 6.45) is 5.22. The molecule has 0 spiro atoms. The third-order valence-electron chi connectivity index (χ3n) is 3.36. The molecule has 0 saturated carbocycles. The Hall–Kier alpha value is -1.57. The van der Waals surface area contributed by atoms with Crippen molar-refractivity contribution in [3.63, 3.8) is 0 Å². The van der Waals surface area contributed by atoms with Gasteiger partial charge in [0.05, 0.1) is 0 Å². The van der Waals surface area contributed by atoms with Crippen molar-refractivity contribution in [1.29, 1.82) is 0 Å². The van der Waals surface area contributed by atoms with Crippen LogP contribution in [0.5, 0.6) is 0 Å². The lowest BCUT2D eigenvalue weighted by molar-refractivity contribution is -0.158. The van der Waals surface area contributed by atoms with Crippen LogP contribution in [0, 0.1) is 0 Å². The van der Waals surface area contributed by atoms with Gasteiger partial charge in [-0.3, -0.25) is 4.79 Å². The Bertz CT molecular complexity index is 436. The zero-order valence-electron chi connectivity index (χ0n) is 10.2. The van der Waals surface area contributed by atoms with Crippen molar-refractivity contribution in [3.8, 4) is 0 Å². The fraction of sp³-hybridized carbons (Fsp3) is 0.400. The van der Waals surface area contributed by atoms with E-state index in [0.29, 0.717) is 0 Å². The molecule has 90 valence electrons. The van der Waals surface area contributed by atoms with Gasteiger partial charge in [-0.15, -0.1) is 6.58 Å². The van der Waals surface area contributed by atoms with Crippen LogP contribution in [0.1, 0.15) is 30.9 Å². The highest BCUT2D eigenvalue weighted by Gasteiger charge is 2.36. The molecule has 1 aromatic rings. The summed E-state index contributed by atoms with van der Waals surface area (Å²) in [6, 6.07) is 8.37. The average molecular weight is 230 g/mol. The van der Waals surface area contributed by atoms with Crippen LogP contribution in [0.4, 0.5) is 0 Å². The smallest absolute Gasteiger partial charge is 0.303 e. The molecule has 1 unspecified atom stereocenters. The van der Waals surface area contributed by atoms with E-state index in [9.17, 15) is 4.79 Å². The third kappa shape index (κ3) is 2.57. The van der Waals surface area contributed by atoms with Gasteiger partial charge in [0, 0.05) is 19.8 Å². The van der Waals surface area contributed by atoms with Gasteiger partial charge in [-0.2, -0.15) is 0 Å². The molecule has 0 bridgehead atoms. The van der Waals surface area contributed by atoms with Crippen molar-refractivity contribution in [2.75, 3.05) is 0 Å². The summed E-state index contributed by atoms with van der Waals surface area (Å²) < 4.78 is 5.57. The van der Waals surface area contributed by atoms with Crippen molar-refractivity contribution in [1.82, 2.24) is 0 Å². The van der Waals surface area contributed by atoms with Gasteiger partial charge in [-0.05, 0) is 24.0 Å². The standard InChI is InChI=1S/C15H18O2/c1-3-9-15(17-12(2)16)10-8-13-6-4-5-7-14(13)11-15/h3-7H,1,8-11H2,2H3. The molecule has 1 aromatic carbocycles. The lowest BCUT2D eigenvalue weighted by Gasteiger charge is -2.36. The second kappa shape index (κ2) is 4.74. The molecule has 17 heavy (non-hydrogen) atoms. The first-order valence-corrected chi connectivity index (χ1v) is 6.02. The quantitative estimate of drug-likeness (QED) is 0.589. The lowest BCUT2D eigenvalue weighted by Crippen LogP contribution is -2.39. The molecule has 0 aliphatic heterocycles. The van der Waals surface area contributed by atoms with Gasteiger partial charge in [-0.1, -0.05) is 30.3 Å². The van der Waals surface area contributed by atoms with Crippen LogP contribution in [-0.2, 0) is 22.4 Å². The Balaban J connectivity index is 2.26. The minimum Gasteiger partial charge on any atom is -0.459 e. The first kappa shape index (κ1) is 11.9. The zero-order valence-corrected chi connectivity index (χ0v) is 10.2. The van der Waals surface area contributed by atoms with Crippen molar-refractivity contribution in [2.45, 2.75) is 38.2 Å². The molecule has 1 atom stereocenters. The van der Waals surface area contributed by atoms with E-state index in [2.05, 4.69) is 24.8 Å². The Labute approximate surface area is 102 Å². The number of hydrogen-bond acceptors (Lipinski definition) is 2. The van der Waals surface area contributed by atoms with E-state index in [0.717, 1.165) is 25.7 Å². The maximum absolute atomic E-state index is 11.2. The maximum Gasteiger partial charge on any atom is 0.303 e. The molecule has 2 heteroatoms. The van der Waals surface area contributed by atoms with E-state index >= 15 is 0 Å². The third-order valence-corrected chi connectivity index (χ3v) is 3.36. The van der Waals surface area contributed by atoms with E-state index in [1.54, 1.807) is 0 Å². The van der Waals surface area contributed by atoms with E-state index in [4.69, 9.17) is 4.74 Å². The Morgan fingerprint density at radius 3 is 2.82 bits per heavy atom. The SMILES string of the molecule is C=CCC1(OC(C)=O)CCc2ccccc2C1. The molecule has 1 aliphatic carbocycles. The number of ether oxygens (including phenoxy) is 1. The molecule has 0 N–H and O–H groups in total. The normalized spacial score (nSPS) is 22.6. The molecule has 0 heterocycles. The highest BCUT2D eigenvalue weighted by molar-refractivity contribution is 5.66. The van der Waals surface area contributed by atoms with Gasteiger partial charge >= 0.3 is 5.97 Å². The molecule has 0 fully saturated rings. The predicted molar refractivity (Wildman–Crippen MR) is 67.8 cm³/mol. The summed E-state index contributed by atoms with van der Waals surface area (Å²) >= 11 is 0. The highest BCUT2D eigenvalue weighted by Crippen LogP contribution is 2.34. The van der Waals surface area contributed by atoms with Gasteiger partial charge in [0.15, 0.2) is 0 Å². The average Bonchev–Trinajstić information content (AvgIpc) is 2.28. The summed E-state index contributed by atoms with van der Waals surface area (Å²) in [4.78, 5) is 11.2. The number of esters is 1. The lowest BCUT2D eigenvalue weighted by atomic mass is 9.78. The van der Waals surface area contributed by atoms with E-state index in [1.165, 1.54) is 18.1 Å². The summed E-state index contributed by atoms with van der Waals surface area (Å²) in [5, 5.41) is 0. The number of benzene rings is 1. The number of carbonyl (C=O) groups excluding carboxylic acids is 1. The van der Waals surface area contributed by atoms with Gasteiger partial charge in [-0.25, -0.2) is 0 Å². The largest absolute Gasteiger partial charge is 0.459 e. The number of carbonyl (C=O) groups is 1. The molecular weight excluding hydrogens is 212 g/mol. The minimum absolute atomic E-state index is 0.203. The highest BCUT2D eigenvalue weighted by atomic mass is 16.6. The Kier molecular flexibility index (Phi) is 3.32. The van der Waals surface area contributed by atoms with Crippen LogP contribution in [0.25, 0.3) is 0 Å². The first-order chi connectivity index (χ1) is 8.15. The maximum atomic E-state index is 11.2. The molecule has 2 nitrogen and oxygen atoms in total. The molecule has 1 aliphatic rings. The second-order valence-corrected chi connectivity index (χ2v) is 4.71.